The van der Waals surface area contributed by atoms with Gasteiger partial charge in [0, 0.05) is 17.6 Å². The Balaban J connectivity index is 1.13. The summed E-state index contributed by atoms with van der Waals surface area (Å²) in [4.78, 5) is 12.0. The third kappa shape index (κ3) is 5.43. The zero-order valence-corrected chi connectivity index (χ0v) is 31.0. The maximum atomic E-state index is 5.16. The van der Waals surface area contributed by atoms with Crippen LogP contribution in [-0.2, 0) is 0 Å². The lowest BCUT2D eigenvalue weighted by Crippen LogP contribution is -2.12. The Bertz CT molecular complexity index is 3010. The van der Waals surface area contributed by atoms with E-state index in [0.717, 1.165) is 34.1 Å². The topological polar surface area (TPSA) is 29.0 Å². The van der Waals surface area contributed by atoms with Crippen molar-refractivity contribution in [3.05, 3.63) is 212 Å². The van der Waals surface area contributed by atoms with E-state index in [0.29, 0.717) is 0 Å². The molecule has 3 nitrogen and oxygen atoms in total. The first-order valence-corrected chi connectivity index (χ1v) is 19.4. The number of hydrogen-bond donors (Lipinski definition) is 0. The SMILES string of the molecule is c1ccc(-c2c3c(c(-c4ccccc4)c4ccccc24)-c2ccc(-c4cccc(N(c5ccccc5)c5cccc(-c6ccccn6)n5)c4)c4cccc-3c24)cc1. The van der Waals surface area contributed by atoms with Gasteiger partial charge in [0.1, 0.15) is 5.82 Å². The first kappa shape index (κ1) is 32.8. The molecule has 3 heteroatoms. The monoisotopic (exact) mass is 725 g/mol. The van der Waals surface area contributed by atoms with Crippen LogP contribution in [0.3, 0.4) is 0 Å². The Morgan fingerprint density at radius 1 is 0.333 bits per heavy atom. The van der Waals surface area contributed by atoms with E-state index in [9.17, 15) is 0 Å². The molecule has 11 rings (SSSR count). The van der Waals surface area contributed by atoms with Gasteiger partial charge in [-0.2, -0.15) is 0 Å². The molecular weight excluding hydrogens is 691 g/mol. The van der Waals surface area contributed by atoms with Crippen molar-refractivity contribution in [2.75, 3.05) is 4.90 Å². The number of benzene rings is 8. The first-order valence-electron chi connectivity index (χ1n) is 19.4. The van der Waals surface area contributed by atoms with Crippen molar-refractivity contribution < 1.29 is 0 Å². The van der Waals surface area contributed by atoms with Crippen molar-refractivity contribution in [2.24, 2.45) is 0 Å². The molecule has 10 aromatic rings. The van der Waals surface area contributed by atoms with Crippen LogP contribution in [-0.4, -0.2) is 9.97 Å². The van der Waals surface area contributed by atoms with Crippen LogP contribution in [0.15, 0.2) is 212 Å². The molecule has 0 aliphatic heterocycles. The quantitative estimate of drug-likeness (QED) is 0.164. The molecule has 0 atom stereocenters. The fourth-order valence-corrected chi connectivity index (χ4v) is 8.87. The van der Waals surface area contributed by atoms with E-state index in [-0.39, 0.29) is 0 Å². The molecule has 0 fully saturated rings. The molecule has 0 saturated carbocycles. The molecule has 0 radical (unpaired) electrons. The van der Waals surface area contributed by atoms with E-state index in [2.05, 4.69) is 192 Å². The molecule has 8 aromatic carbocycles. The highest BCUT2D eigenvalue weighted by Crippen LogP contribution is 2.58. The largest absolute Gasteiger partial charge is 0.295 e. The van der Waals surface area contributed by atoms with Gasteiger partial charge in [0.2, 0.25) is 0 Å². The summed E-state index contributed by atoms with van der Waals surface area (Å²) >= 11 is 0. The summed E-state index contributed by atoms with van der Waals surface area (Å²) in [6.07, 6.45) is 1.81. The lowest BCUT2D eigenvalue weighted by atomic mass is 9.82. The Hall–Kier alpha value is -7.62. The maximum Gasteiger partial charge on any atom is 0.138 e. The molecule has 1 aliphatic carbocycles. The maximum absolute atomic E-state index is 5.16. The lowest BCUT2D eigenvalue weighted by Gasteiger charge is -2.25. The lowest BCUT2D eigenvalue weighted by molar-refractivity contribution is 1.17. The summed E-state index contributed by atoms with van der Waals surface area (Å²) in [5.74, 6) is 0.825. The van der Waals surface area contributed by atoms with E-state index in [1.165, 1.54) is 71.6 Å². The van der Waals surface area contributed by atoms with E-state index >= 15 is 0 Å². The van der Waals surface area contributed by atoms with Crippen LogP contribution in [0, 0.1) is 0 Å². The van der Waals surface area contributed by atoms with Crippen molar-refractivity contribution in [3.8, 4) is 67.0 Å². The normalized spacial score (nSPS) is 11.5. The minimum atomic E-state index is 0.825. The third-order valence-corrected chi connectivity index (χ3v) is 11.2. The van der Waals surface area contributed by atoms with Crippen LogP contribution in [0.2, 0.25) is 0 Å². The highest BCUT2D eigenvalue weighted by molar-refractivity contribution is 6.28. The number of rotatable bonds is 7. The molecule has 1 aliphatic rings. The number of pyridine rings is 2. The summed E-state index contributed by atoms with van der Waals surface area (Å²) in [5, 5.41) is 5.06. The fourth-order valence-electron chi connectivity index (χ4n) is 8.87. The minimum Gasteiger partial charge on any atom is -0.295 e. The summed E-state index contributed by atoms with van der Waals surface area (Å²) < 4.78 is 0. The molecule has 0 N–H and O–H groups in total. The van der Waals surface area contributed by atoms with Gasteiger partial charge < -0.3 is 0 Å². The smallest absolute Gasteiger partial charge is 0.138 e. The first-order chi connectivity index (χ1) is 28.3. The summed E-state index contributed by atoms with van der Waals surface area (Å²) in [6.45, 7) is 0. The van der Waals surface area contributed by atoms with Gasteiger partial charge in [0.25, 0.3) is 0 Å². The number of aromatic nitrogens is 2. The molecule has 0 saturated heterocycles. The van der Waals surface area contributed by atoms with Gasteiger partial charge in [-0.15, -0.1) is 0 Å². The Morgan fingerprint density at radius 2 is 0.860 bits per heavy atom. The van der Waals surface area contributed by atoms with E-state index in [1.54, 1.807) is 0 Å². The summed E-state index contributed by atoms with van der Waals surface area (Å²) in [6, 6.07) is 73.7. The van der Waals surface area contributed by atoms with Crippen molar-refractivity contribution in [1.82, 2.24) is 9.97 Å². The standard InChI is InChI=1S/C54H35N3/c1-4-17-36(18-5-1)50-43-25-10-11-26-44(43)51(37-19-6-2-7-20-37)54-46-33-32-41(42-27-15-28-45(52(42)46)53(50)54)38-21-14-24-40(35-38)57(39-22-8-3-9-23-39)49-31-16-30-48(56-49)47-29-12-13-34-55-47/h1-35H. The number of fused-ring (bicyclic) bond motifs is 4. The molecular formula is C54H35N3. The summed E-state index contributed by atoms with van der Waals surface area (Å²) in [7, 11) is 0. The van der Waals surface area contributed by atoms with Gasteiger partial charge in [-0.05, 0) is 126 Å². The number of nitrogens with zero attached hydrogens (tertiary/aromatic N) is 3. The second kappa shape index (κ2) is 13.6. The Morgan fingerprint density at radius 3 is 1.54 bits per heavy atom. The molecule has 0 spiro atoms. The molecule has 2 heterocycles. The van der Waals surface area contributed by atoms with Gasteiger partial charge in [0.05, 0.1) is 11.4 Å². The van der Waals surface area contributed by atoms with Crippen LogP contribution < -0.4 is 4.90 Å². The van der Waals surface area contributed by atoms with Crippen LogP contribution in [0.1, 0.15) is 0 Å². The molecule has 266 valence electrons. The average molecular weight is 726 g/mol. The van der Waals surface area contributed by atoms with Crippen molar-refractivity contribution in [2.45, 2.75) is 0 Å². The van der Waals surface area contributed by atoms with E-state index < -0.39 is 0 Å². The highest BCUT2D eigenvalue weighted by atomic mass is 15.2. The van der Waals surface area contributed by atoms with Crippen LogP contribution in [0.4, 0.5) is 17.2 Å². The number of anilines is 3. The van der Waals surface area contributed by atoms with E-state index in [1.807, 2.05) is 30.5 Å². The van der Waals surface area contributed by atoms with Crippen LogP contribution in [0.5, 0.6) is 0 Å². The van der Waals surface area contributed by atoms with Gasteiger partial charge in [0.15, 0.2) is 0 Å². The second-order valence-corrected chi connectivity index (χ2v) is 14.5. The zero-order valence-electron chi connectivity index (χ0n) is 31.0. The predicted molar refractivity (Wildman–Crippen MR) is 238 cm³/mol. The zero-order chi connectivity index (χ0) is 37.7. The van der Waals surface area contributed by atoms with E-state index in [4.69, 9.17) is 4.98 Å². The van der Waals surface area contributed by atoms with Gasteiger partial charge in [-0.25, -0.2) is 4.98 Å². The second-order valence-electron chi connectivity index (χ2n) is 14.5. The van der Waals surface area contributed by atoms with Gasteiger partial charge in [-0.3, -0.25) is 9.88 Å². The van der Waals surface area contributed by atoms with Gasteiger partial charge >= 0.3 is 0 Å². The molecule has 2 aromatic heterocycles. The molecule has 57 heavy (non-hydrogen) atoms. The summed E-state index contributed by atoms with van der Waals surface area (Å²) in [5.41, 5.74) is 16.3. The van der Waals surface area contributed by atoms with Crippen molar-refractivity contribution in [3.63, 3.8) is 0 Å². The Kier molecular flexibility index (Phi) is 7.82. The Labute approximate surface area is 331 Å². The van der Waals surface area contributed by atoms with Crippen LogP contribution in [0.25, 0.3) is 88.6 Å². The molecule has 0 bridgehead atoms. The average Bonchev–Trinajstić information content (AvgIpc) is 3.62. The van der Waals surface area contributed by atoms with Crippen molar-refractivity contribution >= 4 is 38.7 Å². The molecule has 0 unspecified atom stereocenters. The molecule has 0 amide bonds. The predicted octanol–water partition coefficient (Wildman–Crippen LogP) is 14.6. The van der Waals surface area contributed by atoms with Gasteiger partial charge in [-0.1, -0.05) is 158 Å². The fraction of sp³-hybridized carbons (Fsp3) is 0. The number of hydrogen-bond acceptors (Lipinski definition) is 3. The number of para-hydroxylation sites is 1. The highest BCUT2D eigenvalue weighted by Gasteiger charge is 2.31. The third-order valence-electron chi connectivity index (χ3n) is 11.2. The minimum absolute atomic E-state index is 0.825. The van der Waals surface area contributed by atoms with Crippen molar-refractivity contribution in [1.29, 1.82) is 0 Å². The van der Waals surface area contributed by atoms with Crippen LogP contribution >= 0.6 is 0 Å².